The number of rotatable bonds is 3. The van der Waals surface area contributed by atoms with Crippen molar-refractivity contribution in [1.82, 2.24) is 4.90 Å². The minimum atomic E-state index is 0.00440. The van der Waals surface area contributed by atoms with Crippen LogP contribution in [-0.4, -0.2) is 30.5 Å². The molecule has 1 aliphatic rings. The molecular weight excluding hydrogens is 344 g/mol. The van der Waals surface area contributed by atoms with E-state index in [4.69, 9.17) is 22.1 Å². The molecule has 0 radical (unpaired) electrons. The first-order valence-electron chi connectivity index (χ1n) is 6.73. The Morgan fingerprint density at radius 1 is 1.30 bits per heavy atom. The van der Waals surface area contributed by atoms with Crippen molar-refractivity contribution in [2.45, 2.75) is 25.7 Å². The van der Waals surface area contributed by atoms with Crippen LogP contribution in [0.15, 0.2) is 16.6 Å². The van der Waals surface area contributed by atoms with Gasteiger partial charge in [0.1, 0.15) is 0 Å². The van der Waals surface area contributed by atoms with Gasteiger partial charge >= 0.3 is 0 Å². The summed E-state index contributed by atoms with van der Waals surface area (Å²) in [4.78, 5) is 14.0. The number of ether oxygens (including phenoxy) is 1. The first-order chi connectivity index (χ1) is 9.58. The van der Waals surface area contributed by atoms with Gasteiger partial charge in [0, 0.05) is 18.1 Å². The van der Waals surface area contributed by atoms with E-state index in [1.165, 1.54) is 12.8 Å². The molecule has 0 spiro atoms. The lowest BCUT2D eigenvalue weighted by atomic mass is 10.2. The summed E-state index contributed by atoms with van der Waals surface area (Å²) in [6.07, 6.45) is 4.53. The molecule has 0 bridgehead atoms. The van der Waals surface area contributed by atoms with Crippen molar-refractivity contribution in [3.63, 3.8) is 0 Å². The summed E-state index contributed by atoms with van der Waals surface area (Å²) < 4.78 is 6.22. The molecule has 1 heterocycles. The maximum Gasteiger partial charge on any atom is 0.260 e. The van der Waals surface area contributed by atoms with Gasteiger partial charge in [-0.05, 0) is 40.9 Å². The molecular formula is C14H18BrClN2O2. The molecule has 1 aliphatic heterocycles. The number of anilines is 1. The number of hydrogen-bond acceptors (Lipinski definition) is 3. The van der Waals surface area contributed by atoms with Gasteiger partial charge in [0.15, 0.2) is 12.4 Å². The SMILES string of the molecule is Nc1cc(Cl)cc(Br)c1OCC(=O)N1CCCCCC1. The topological polar surface area (TPSA) is 55.6 Å². The van der Waals surface area contributed by atoms with Gasteiger partial charge in [0.2, 0.25) is 0 Å². The van der Waals surface area contributed by atoms with E-state index in [9.17, 15) is 4.79 Å². The summed E-state index contributed by atoms with van der Waals surface area (Å²) in [5.41, 5.74) is 6.27. The Morgan fingerprint density at radius 3 is 2.55 bits per heavy atom. The number of carbonyl (C=O) groups excluding carboxylic acids is 1. The minimum absolute atomic E-state index is 0.00440. The zero-order valence-electron chi connectivity index (χ0n) is 11.2. The van der Waals surface area contributed by atoms with Crippen molar-refractivity contribution in [2.75, 3.05) is 25.4 Å². The monoisotopic (exact) mass is 360 g/mol. The van der Waals surface area contributed by atoms with Gasteiger partial charge in [-0.3, -0.25) is 4.79 Å². The van der Waals surface area contributed by atoms with E-state index in [1.54, 1.807) is 12.1 Å². The molecule has 20 heavy (non-hydrogen) atoms. The van der Waals surface area contributed by atoms with E-state index in [-0.39, 0.29) is 12.5 Å². The Kier molecular flexibility index (Phi) is 5.54. The summed E-state index contributed by atoms with van der Waals surface area (Å²) in [5, 5.41) is 0.528. The van der Waals surface area contributed by atoms with Gasteiger partial charge in [0.25, 0.3) is 5.91 Å². The number of halogens is 2. The number of amides is 1. The molecule has 4 nitrogen and oxygen atoms in total. The number of nitrogen functional groups attached to an aromatic ring is 1. The van der Waals surface area contributed by atoms with Crippen LogP contribution in [0.2, 0.25) is 5.02 Å². The normalized spacial score (nSPS) is 15.8. The molecule has 1 amide bonds. The molecule has 0 atom stereocenters. The molecule has 1 aromatic rings. The number of nitrogens with two attached hydrogens (primary N) is 1. The minimum Gasteiger partial charge on any atom is -0.480 e. The summed E-state index contributed by atoms with van der Waals surface area (Å²) in [7, 11) is 0. The molecule has 1 aromatic carbocycles. The molecule has 110 valence electrons. The van der Waals surface area contributed by atoms with Crippen LogP contribution in [-0.2, 0) is 4.79 Å². The highest BCUT2D eigenvalue weighted by atomic mass is 79.9. The van der Waals surface area contributed by atoms with Crippen LogP contribution in [0.1, 0.15) is 25.7 Å². The number of nitrogens with zero attached hydrogens (tertiary/aromatic N) is 1. The number of carbonyl (C=O) groups is 1. The van der Waals surface area contributed by atoms with Gasteiger partial charge in [-0.1, -0.05) is 24.4 Å². The summed E-state index contributed by atoms with van der Waals surface area (Å²) >= 11 is 9.23. The highest BCUT2D eigenvalue weighted by molar-refractivity contribution is 9.10. The molecule has 1 fully saturated rings. The van der Waals surface area contributed by atoms with Crippen molar-refractivity contribution in [3.05, 3.63) is 21.6 Å². The van der Waals surface area contributed by atoms with Crippen LogP contribution in [0.4, 0.5) is 5.69 Å². The van der Waals surface area contributed by atoms with Gasteiger partial charge in [0.05, 0.1) is 10.2 Å². The third-order valence-electron chi connectivity index (χ3n) is 3.34. The van der Waals surface area contributed by atoms with Crippen molar-refractivity contribution < 1.29 is 9.53 Å². The first kappa shape index (κ1) is 15.4. The van der Waals surface area contributed by atoms with Crippen LogP contribution in [0.25, 0.3) is 0 Å². The van der Waals surface area contributed by atoms with Gasteiger partial charge in [-0.15, -0.1) is 0 Å². The fourth-order valence-electron chi connectivity index (χ4n) is 2.28. The Balaban J connectivity index is 1.96. The first-order valence-corrected chi connectivity index (χ1v) is 7.90. The van der Waals surface area contributed by atoms with Crippen LogP contribution in [0.3, 0.4) is 0 Å². The molecule has 2 rings (SSSR count). The van der Waals surface area contributed by atoms with E-state index < -0.39 is 0 Å². The largest absolute Gasteiger partial charge is 0.480 e. The highest BCUT2D eigenvalue weighted by Gasteiger charge is 2.17. The Bertz CT molecular complexity index is 465. The average Bonchev–Trinajstić information content (AvgIpc) is 2.66. The maximum absolute atomic E-state index is 12.1. The Hall–Kier alpha value is -0.940. The van der Waals surface area contributed by atoms with Gasteiger partial charge < -0.3 is 15.4 Å². The fourth-order valence-corrected chi connectivity index (χ4v) is 3.23. The molecule has 0 unspecified atom stereocenters. The molecule has 6 heteroatoms. The van der Waals surface area contributed by atoms with E-state index >= 15 is 0 Å². The predicted octanol–water partition coefficient (Wildman–Crippen LogP) is 3.47. The van der Waals surface area contributed by atoms with Crippen LogP contribution in [0, 0.1) is 0 Å². The van der Waals surface area contributed by atoms with Gasteiger partial charge in [-0.25, -0.2) is 0 Å². The summed E-state index contributed by atoms with van der Waals surface area (Å²) in [6.45, 7) is 1.64. The zero-order chi connectivity index (χ0) is 14.5. The van der Waals surface area contributed by atoms with Crippen molar-refractivity contribution in [2.24, 2.45) is 0 Å². The molecule has 2 N–H and O–H groups in total. The van der Waals surface area contributed by atoms with Crippen LogP contribution in [0.5, 0.6) is 5.75 Å². The van der Waals surface area contributed by atoms with Crippen molar-refractivity contribution >= 4 is 39.1 Å². The zero-order valence-corrected chi connectivity index (χ0v) is 13.5. The molecule has 0 saturated carbocycles. The standard InChI is InChI=1S/C14H18BrClN2O2/c15-11-7-10(16)8-12(17)14(11)20-9-13(19)18-5-3-1-2-4-6-18/h7-8H,1-6,9,17H2. The van der Waals surface area contributed by atoms with Gasteiger partial charge in [-0.2, -0.15) is 0 Å². The second-order valence-electron chi connectivity index (χ2n) is 4.89. The Labute approximate surface area is 132 Å². The second kappa shape index (κ2) is 7.18. The van der Waals surface area contributed by atoms with Crippen LogP contribution >= 0.6 is 27.5 Å². The number of benzene rings is 1. The van der Waals surface area contributed by atoms with E-state index in [2.05, 4.69) is 15.9 Å². The second-order valence-corrected chi connectivity index (χ2v) is 6.18. The third-order valence-corrected chi connectivity index (χ3v) is 4.14. The lowest BCUT2D eigenvalue weighted by Gasteiger charge is -2.20. The average molecular weight is 362 g/mol. The summed E-state index contributed by atoms with van der Waals surface area (Å²) in [6, 6.07) is 3.31. The van der Waals surface area contributed by atoms with Crippen LogP contribution < -0.4 is 10.5 Å². The maximum atomic E-state index is 12.1. The fraction of sp³-hybridized carbons (Fsp3) is 0.500. The summed E-state index contributed by atoms with van der Waals surface area (Å²) in [5.74, 6) is 0.478. The lowest BCUT2D eigenvalue weighted by Crippen LogP contribution is -2.35. The van der Waals surface area contributed by atoms with E-state index in [0.29, 0.717) is 20.9 Å². The lowest BCUT2D eigenvalue weighted by molar-refractivity contribution is -0.133. The Morgan fingerprint density at radius 2 is 1.95 bits per heavy atom. The third kappa shape index (κ3) is 4.03. The van der Waals surface area contributed by atoms with Crippen molar-refractivity contribution in [1.29, 1.82) is 0 Å². The molecule has 1 saturated heterocycles. The number of hydrogen-bond donors (Lipinski definition) is 1. The van der Waals surface area contributed by atoms with E-state index in [0.717, 1.165) is 25.9 Å². The molecule has 0 aromatic heterocycles. The number of likely N-dealkylation sites (tertiary alicyclic amines) is 1. The highest BCUT2D eigenvalue weighted by Crippen LogP contribution is 2.34. The van der Waals surface area contributed by atoms with Crippen molar-refractivity contribution in [3.8, 4) is 5.75 Å². The quantitative estimate of drug-likeness (QED) is 0.839. The molecule has 0 aliphatic carbocycles. The predicted molar refractivity (Wildman–Crippen MR) is 84.1 cm³/mol. The van der Waals surface area contributed by atoms with E-state index in [1.807, 2.05) is 4.90 Å². The smallest absolute Gasteiger partial charge is 0.260 e.